The van der Waals surface area contributed by atoms with Crippen LogP contribution in [0.3, 0.4) is 0 Å². The predicted molar refractivity (Wildman–Crippen MR) is 37.2 cm³/mol. The van der Waals surface area contributed by atoms with Crippen molar-refractivity contribution in [2.24, 2.45) is 10.9 Å². The number of rotatable bonds is 2. The largest absolute Gasteiger partial charge is 0.229 e. The topological polar surface area (TPSA) is 12.4 Å². The van der Waals surface area contributed by atoms with Gasteiger partial charge in [0.15, 0.2) is 0 Å². The third-order valence-corrected chi connectivity index (χ3v) is 1.73. The summed E-state index contributed by atoms with van der Waals surface area (Å²) in [4.78, 5) is 3.95. The smallest absolute Gasteiger partial charge is 0.0635 e. The quantitative estimate of drug-likeness (QED) is 0.407. The van der Waals surface area contributed by atoms with E-state index in [1.165, 1.54) is 12.8 Å². The zero-order valence-corrected chi connectivity index (χ0v) is 5.74. The molecule has 0 radical (unpaired) electrons. The molecular weight excluding hydrogens is 118 g/mol. The molecular formula is C6H9NS. The first kappa shape index (κ1) is 5.93. The van der Waals surface area contributed by atoms with Crippen LogP contribution < -0.4 is 0 Å². The first-order chi connectivity index (χ1) is 3.88. The van der Waals surface area contributed by atoms with Gasteiger partial charge in [-0.15, -0.1) is 0 Å². The first-order valence-electron chi connectivity index (χ1n) is 2.95. The first-order valence-corrected chi connectivity index (χ1v) is 3.36. The fourth-order valence-corrected chi connectivity index (χ4v) is 1.03. The van der Waals surface area contributed by atoms with Crippen LogP contribution in [-0.2, 0) is 0 Å². The van der Waals surface area contributed by atoms with E-state index in [4.69, 9.17) is 0 Å². The minimum Gasteiger partial charge on any atom is -0.229 e. The Morgan fingerprint density at radius 2 is 2.62 bits per heavy atom. The highest BCUT2D eigenvalue weighted by molar-refractivity contribution is 7.78. The summed E-state index contributed by atoms with van der Waals surface area (Å²) in [7, 11) is 0. The predicted octanol–water partition coefficient (Wildman–Crippen LogP) is 1.89. The Morgan fingerprint density at radius 3 is 3.00 bits per heavy atom. The lowest BCUT2D eigenvalue weighted by Crippen LogP contribution is -1.78. The molecule has 0 aliphatic heterocycles. The molecule has 1 saturated carbocycles. The molecule has 44 valence electrons. The molecule has 2 atom stereocenters. The van der Waals surface area contributed by atoms with Crippen molar-refractivity contribution in [2.75, 3.05) is 0 Å². The van der Waals surface area contributed by atoms with Crippen molar-refractivity contribution in [3.63, 3.8) is 0 Å². The Bertz CT molecular complexity index is 126. The summed E-state index contributed by atoms with van der Waals surface area (Å²) in [6, 6.07) is 0.539. The zero-order chi connectivity index (χ0) is 5.98. The molecule has 2 heteroatoms. The monoisotopic (exact) mass is 127 g/mol. The second kappa shape index (κ2) is 2.38. The van der Waals surface area contributed by atoms with Gasteiger partial charge in [0.25, 0.3) is 0 Å². The van der Waals surface area contributed by atoms with E-state index in [2.05, 4.69) is 29.3 Å². The highest BCUT2D eigenvalue weighted by atomic mass is 32.1. The van der Waals surface area contributed by atoms with Crippen molar-refractivity contribution in [3.05, 3.63) is 0 Å². The zero-order valence-electron chi connectivity index (χ0n) is 4.92. The maximum atomic E-state index is 4.45. The molecule has 0 aromatic carbocycles. The minimum absolute atomic E-state index is 0.539. The van der Waals surface area contributed by atoms with Crippen LogP contribution in [0.4, 0.5) is 0 Å². The van der Waals surface area contributed by atoms with Crippen molar-refractivity contribution in [3.8, 4) is 0 Å². The number of isothiocyanates is 1. The van der Waals surface area contributed by atoms with Crippen molar-refractivity contribution in [1.29, 1.82) is 0 Å². The van der Waals surface area contributed by atoms with Gasteiger partial charge >= 0.3 is 0 Å². The maximum Gasteiger partial charge on any atom is 0.0635 e. The molecule has 0 saturated heterocycles. The van der Waals surface area contributed by atoms with Gasteiger partial charge in [0.1, 0.15) is 0 Å². The third-order valence-electron chi connectivity index (χ3n) is 1.63. The molecule has 0 aromatic heterocycles. The van der Waals surface area contributed by atoms with Crippen LogP contribution in [0.25, 0.3) is 0 Å². The van der Waals surface area contributed by atoms with Crippen LogP contribution >= 0.6 is 12.2 Å². The fourth-order valence-electron chi connectivity index (χ4n) is 0.896. The van der Waals surface area contributed by atoms with E-state index in [9.17, 15) is 0 Å². The average molecular weight is 127 g/mol. The van der Waals surface area contributed by atoms with E-state index in [0.29, 0.717) is 6.04 Å². The summed E-state index contributed by atoms with van der Waals surface area (Å²) >= 11 is 4.45. The van der Waals surface area contributed by atoms with E-state index >= 15 is 0 Å². The summed E-state index contributed by atoms with van der Waals surface area (Å²) in [6.45, 7) is 2.18. The highest BCUT2D eigenvalue weighted by Crippen LogP contribution is 2.35. The van der Waals surface area contributed by atoms with Crippen LogP contribution in [0.1, 0.15) is 19.8 Å². The Labute approximate surface area is 54.8 Å². The molecule has 1 aliphatic rings. The Morgan fingerprint density at radius 1 is 1.88 bits per heavy atom. The van der Waals surface area contributed by atoms with Gasteiger partial charge < -0.3 is 0 Å². The second-order valence-corrected chi connectivity index (χ2v) is 2.37. The van der Waals surface area contributed by atoms with Crippen LogP contribution in [0.5, 0.6) is 0 Å². The number of hydrogen-bond donors (Lipinski definition) is 0. The van der Waals surface area contributed by atoms with E-state index < -0.39 is 0 Å². The summed E-state index contributed by atoms with van der Waals surface area (Å²) in [5.41, 5.74) is 0. The van der Waals surface area contributed by atoms with E-state index in [0.717, 1.165) is 5.92 Å². The number of hydrogen-bond acceptors (Lipinski definition) is 2. The van der Waals surface area contributed by atoms with Crippen LogP contribution in [0, 0.1) is 5.92 Å². The standard InChI is InChI=1S/C6H9NS/c1-2-5-3-6(5)7-4-8/h5-6H,2-3H2,1H3. The lowest BCUT2D eigenvalue weighted by Gasteiger charge is -1.80. The Hall–Kier alpha value is -0.200. The van der Waals surface area contributed by atoms with Crippen LogP contribution in [0.2, 0.25) is 0 Å². The van der Waals surface area contributed by atoms with E-state index in [1.807, 2.05) is 0 Å². The normalized spacial score (nSPS) is 33.6. The fraction of sp³-hybridized carbons (Fsp3) is 0.833. The molecule has 0 heterocycles. The Balaban J connectivity index is 2.26. The van der Waals surface area contributed by atoms with Crippen molar-refractivity contribution < 1.29 is 0 Å². The number of nitrogens with zero attached hydrogens (tertiary/aromatic N) is 1. The summed E-state index contributed by atoms with van der Waals surface area (Å²) < 4.78 is 0. The molecule has 1 nitrogen and oxygen atoms in total. The molecule has 0 N–H and O–H groups in total. The van der Waals surface area contributed by atoms with Gasteiger partial charge in [0.2, 0.25) is 0 Å². The van der Waals surface area contributed by atoms with Gasteiger partial charge in [-0.05, 0) is 24.6 Å². The van der Waals surface area contributed by atoms with Crippen molar-refractivity contribution in [1.82, 2.24) is 0 Å². The molecule has 2 unspecified atom stereocenters. The SMILES string of the molecule is CCC1CC1N=C=S. The van der Waals surface area contributed by atoms with E-state index in [1.54, 1.807) is 0 Å². The molecule has 1 rings (SSSR count). The van der Waals surface area contributed by atoms with Gasteiger partial charge in [0.05, 0.1) is 11.2 Å². The Kier molecular flexibility index (Phi) is 1.77. The van der Waals surface area contributed by atoms with Gasteiger partial charge in [-0.2, -0.15) is 0 Å². The third kappa shape index (κ3) is 1.15. The van der Waals surface area contributed by atoms with Crippen LogP contribution in [0.15, 0.2) is 4.99 Å². The lowest BCUT2D eigenvalue weighted by atomic mass is 10.3. The minimum atomic E-state index is 0.539. The molecule has 0 spiro atoms. The van der Waals surface area contributed by atoms with Gasteiger partial charge in [-0.25, -0.2) is 4.99 Å². The number of thiocarbonyl (C=S) groups is 1. The van der Waals surface area contributed by atoms with Crippen molar-refractivity contribution >= 4 is 17.4 Å². The molecule has 1 fully saturated rings. The van der Waals surface area contributed by atoms with Gasteiger partial charge in [-0.3, -0.25) is 0 Å². The molecule has 0 amide bonds. The number of aliphatic imine (C=N–C) groups is 1. The van der Waals surface area contributed by atoms with Crippen LogP contribution in [-0.4, -0.2) is 11.2 Å². The summed E-state index contributed by atoms with van der Waals surface area (Å²) in [6.07, 6.45) is 2.48. The summed E-state index contributed by atoms with van der Waals surface area (Å²) in [5.74, 6) is 0.824. The molecule has 8 heavy (non-hydrogen) atoms. The van der Waals surface area contributed by atoms with Crippen molar-refractivity contribution in [2.45, 2.75) is 25.8 Å². The lowest BCUT2D eigenvalue weighted by molar-refractivity contribution is 0.762. The molecule has 1 aliphatic carbocycles. The highest BCUT2D eigenvalue weighted by Gasteiger charge is 2.34. The maximum absolute atomic E-state index is 4.45. The molecule has 0 bridgehead atoms. The van der Waals surface area contributed by atoms with E-state index in [-0.39, 0.29) is 0 Å². The van der Waals surface area contributed by atoms with Gasteiger partial charge in [-0.1, -0.05) is 13.3 Å². The average Bonchev–Trinajstić information content (AvgIpc) is 2.48. The second-order valence-electron chi connectivity index (χ2n) is 2.19. The van der Waals surface area contributed by atoms with Gasteiger partial charge in [0, 0.05) is 0 Å². The molecule has 0 aromatic rings. The summed E-state index contributed by atoms with van der Waals surface area (Å²) in [5, 5.41) is 2.40.